The molecule has 0 N–H and O–H groups in total. The lowest BCUT2D eigenvalue weighted by Gasteiger charge is -2.29. The van der Waals surface area contributed by atoms with Crippen molar-refractivity contribution in [1.82, 2.24) is 9.13 Å². The predicted molar refractivity (Wildman–Crippen MR) is 284 cm³/mol. The number of para-hydroxylation sites is 8. The van der Waals surface area contributed by atoms with Crippen molar-refractivity contribution in [1.29, 1.82) is 0 Å². The summed E-state index contributed by atoms with van der Waals surface area (Å²) in [6.07, 6.45) is 0. The van der Waals surface area contributed by atoms with E-state index in [1.54, 1.807) is 0 Å². The van der Waals surface area contributed by atoms with Gasteiger partial charge in [0.15, 0.2) is 0 Å². The third-order valence-corrected chi connectivity index (χ3v) is 13.9. The zero-order valence-corrected chi connectivity index (χ0v) is 37.0. The molecule has 0 saturated carbocycles. The van der Waals surface area contributed by atoms with E-state index in [0.717, 1.165) is 56.6 Å². The van der Waals surface area contributed by atoms with E-state index >= 15 is 0 Å². The van der Waals surface area contributed by atoms with Crippen LogP contribution in [0.5, 0.6) is 0 Å². The molecule has 4 nitrogen and oxygen atoms in total. The van der Waals surface area contributed by atoms with Gasteiger partial charge in [0.2, 0.25) is 0 Å². The zero-order chi connectivity index (χ0) is 44.7. The van der Waals surface area contributed by atoms with Crippen molar-refractivity contribution in [3.05, 3.63) is 255 Å². The Morgan fingerprint density at radius 2 is 0.559 bits per heavy atom. The highest BCUT2D eigenvalue weighted by Crippen LogP contribution is 2.56. The molecular weight excluding hydrogens is 825 g/mol. The first kappa shape index (κ1) is 38.2. The van der Waals surface area contributed by atoms with Crippen LogP contribution in [0.2, 0.25) is 0 Å². The zero-order valence-electron chi connectivity index (χ0n) is 37.0. The van der Waals surface area contributed by atoms with Crippen LogP contribution in [0.15, 0.2) is 255 Å². The highest BCUT2D eigenvalue weighted by atomic mass is 15.2. The molecule has 318 valence electrons. The lowest BCUT2D eigenvalue weighted by atomic mass is 9.98. The molecule has 0 radical (unpaired) electrons. The van der Waals surface area contributed by atoms with Gasteiger partial charge in [-0.2, -0.15) is 0 Å². The third-order valence-electron chi connectivity index (χ3n) is 13.9. The summed E-state index contributed by atoms with van der Waals surface area (Å²) >= 11 is 0. The van der Waals surface area contributed by atoms with Gasteiger partial charge in [-0.3, -0.25) is 0 Å². The molecular formula is C64H42N4. The van der Waals surface area contributed by atoms with Crippen molar-refractivity contribution in [3.63, 3.8) is 0 Å². The van der Waals surface area contributed by atoms with Crippen LogP contribution in [-0.2, 0) is 0 Å². The summed E-state index contributed by atoms with van der Waals surface area (Å²) in [5.41, 5.74) is 23.3. The Balaban J connectivity index is 0.942. The van der Waals surface area contributed by atoms with Crippen LogP contribution in [-0.4, -0.2) is 9.13 Å². The molecule has 2 aliphatic rings. The molecule has 0 saturated heterocycles. The van der Waals surface area contributed by atoms with Gasteiger partial charge in [-0.25, -0.2) is 0 Å². The summed E-state index contributed by atoms with van der Waals surface area (Å²) in [5, 5.41) is 2.46. The summed E-state index contributed by atoms with van der Waals surface area (Å²) in [6.45, 7) is 0. The number of nitrogens with zero attached hydrogens (tertiary/aromatic N) is 4. The van der Waals surface area contributed by atoms with Crippen LogP contribution in [0.1, 0.15) is 0 Å². The largest absolute Gasteiger partial charge is 0.309 e. The molecule has 4 heterocycles. The van der Waals surface area contributed by atoms with E-state index in [0.29, 0.717) is 0 Å². The van der Waals surface area contributed by atoms with Gasteiger partial charge in [0.1, 0.15) is 0 Å². The van der Waals surface area contributed by atoms with Crippen LogP contribution >= 0.6 is 0 Å². The van der Waals surface area contributed by atoms with Gasteiger partial charge in [0.05, 0.1) is 45.2 Å². The van der Waals surface area contributed by atoms with E-state index in [2.05, 4.69) is 274 Å². The maximum atomic E-state index is 2.47. The third kappa shape index (κ3) is 5.68. The summed E-state index contributed by atoms with van der Waals surface area (Å²) in [7, 11) is 0. The first-order valence-electron chi connectivity index (χ1n) is 23.4. The summed E-state index contributed by atoms with van der Waals surface area (Å²) in [4.78, 5) is 4.93. The van der Waals surface area contributed by atoms with Gasteiger partial charge in [-0.15, -0.1) is 0 Å². The molecule has 4 heteroatoms. The Hall–Kier alpha value is -9.12. The Morgan fingerprint density at radius 3 is 0.985 bits per heavy atom. The minimum atomic E-state index is 1.10. The fourth-order valence-corrected chi connectivity index (χ4v) is 11.2. The molecule has 2 aromatic heterocycles. The molecule has 68 heavy (non-hydrogen) atoms. The molecule has 2 aliphatic heterocycles. The number of anilines is 6. The predicted octanol–water partition coefficient (Wildman–Crippen LogP) is 17.5. The van der Waals surface area contributed by atoms with Crippen molar-refractivity contribution >= 4 is 55.9 Å². The minimum Gasteiger partial charge on any atom is -0.309 e. The van der Waals surface area contributed by atoms with Crippen molar-refractivity contribution in [2.75, 3.05) is 9.80 Å². The second-order valence-electron chi connectivity index (χ2n) is 17.7. The molecule has 0 spiro atoms. The van der Waals surface area contributed by atoms with E-state index in [4.69, 9.17) is 0 Å². The lowest BCUT2D eigenvalue weighted by molar-refractivity contribution is 1.13. The van der Waals surface area contributed by atoms with Gasteiger partial charge in [-0.05, 0) is 96.1 Å². The molecule has 0 unspecified atom stereocenters. The SMILES string of the molecule is c1ccc(-n2c3c(c4ccccc42)-c2ccccc2N(c2cccc(-c4cccc(N5c6ccccc6-c6c(n(-c7ccccc7)c7ccccc67)-c6ccccc65)c4)c2)c2ccccc2-3)cc1. The van der Waals surface area contributed by atoms with Gasteiger partial charge < -0.3 is 18.9 Å². The van der Waals surface area contributed by atoms with Crippen molar-refractivity contribution < 1.29 is 0 Å². The van der Waals surface area contributed by atoms with Crippen LogP contribution in [0, 0.1) is 0 Å². The fraction of sp³-hybridized carbons (Fsp3) is 0. The fourth-order valence-electron chi connectivity index (χ4n) is 11.2. The molecule has 0 bridgehead atoms. The topological polar surface area (TPSA) is 16.3 Å². The number of benzene rings is 10. The number of fused-ring (bicyclic) bond motifs is 14. The minimum absolute atomic E-state index is 1.10. The van der Waals surface area contributed by atoms with Crippen LogP contribution in [0.3, 0.4) is 0 Å². The Labute approximate surface area is 395 Å². The summed E-state index contributed by atoms with van der Waals surface area (Å²) < 4.78 is 4.90. The number of hydrogen-bond donors (Lipinski definition) is 0. The standard InChI is InChI=1S/C64H42N4/c1-3-23-45(24-4-1)67-57-37-15-9-31-51(57)61-49-29-7-13-35-55(49)65(59-39-17-11-33-53(59)63(61)67)47-27-19-21-43(41-47)44-22-20-28-48(42-44)66-56-36-14-8-30-50(56)62-52-32-10-16-38-58(52)68(46-25-5-2-6-26-46)64(62)54-34-12-18-40-60(54)66/h1-42H. The van der Waals surface area contributed by atoms with E-state index in [-0.39, 0.29) is 0 Å². The van der Waals surface area contributed by atoms with E-state index in [9.17, 15) is 0 Å². The van der Waals surface area contributed by atoms with Crippen molar-refractivity contribution in [2.45, 2.75) is 0 Å². The first-order valence-corrected chi connectivity index (χ1v) is 23.4. The number of hydrogen-bond acceptors (Lipinski definition) is 2. The highest BCUT2D eigenvalue weighted by Gasteiger charge is 2.33. The molecule has 0 aliphatic carbocycles. The smallest absolute Gasteiger partial charge is 0.0641 e. The molecule has 14 rings (SSSR count). The normalized spacial score (nSPS) is 12.4. The maximum Gasteiger partial charge on any atom is 0.0641 e. The second kappa shape index (κ2) is 15.2. The summed E-state index contributed by atoms with van der Waals surface area (Å²) in [5.74, 6) is 0. The van der Waals surface area contributed by atoms with Crippen molar-refractivity contribution in [2.24, 2.45) is 0 Å². The number of rotatable bonds is 5. The van der Waals surface area contributed by atoms with Gasteiger partial charge >= 0.3 is 0 Å². The average molecular weight is 867 g/mol. The van der Waals surface area contributed by atoms with E-state index in [1.807, 2.05) is 0 Å². The van der Waals surface area contributed by atoms with Crippen LogP contribution in [0.25, 0.3) is 89.1 Å². The first-order chi connectivity index (χ1) is 33.8. The Bertz CT molecular complexity index is 3680. The second-order valence-corrected chi connectivity index (χ2v) is 17.7. The maximum absolute atomic E-state index is 2.47. The molecule has 0 atom stereocenters. The van der Waals surface area contributed by atoms with Gasteiger partial charge in [0.25, 0.3) is 0 Å². The Morgan fingerprint density at radius 1 is 0.235 bits per heavy atom. The van der Waals surface area contributed by atoms with Gasteiger partial charge in [0, 0.05) is 66.9 Å². The quantitative estimate of drug-likeness (QED) is 0.171. The van der Waals surface area contributed by atoms with E-state index in [1.165, 1.54) is 66.6 Å². The molecule has 10 aromatic carbocycles. The van der Waals surface area contributed by atoms with Crippen molar-refractivity contribution in [3.8, 4) is 67.3 Å². The van der Waals surface area contributed by atoms with Crippen LogP contribution < -0.4 is 9.80 Å². The monoisotopic (exact) mass is 866 g/mol. The number of aromatic nitrogens is 2. The highest BCUT2D eigenvalue weighted by molar-refractivity contribution is 6.14. The van der Waals surface area contributed by atoms with E-state index < -0.39 is 0 Å². The van der Waals surface area contributed by atoms with Crippen LogP contribution in [0.4, 0.5) is 34.1 Å². The Kier molecular flexibility index (Phi) is 8.55. The lowest BCUT2D eigenvalue weighted by Crippen LogP contribution is -2.12. The average Bonchev–Trinajstić information content (AvgIpc) is 3.85. The molecule has 0 amide bonds. The molecule has 0 fully saturated rings. The summed E-state index contributed by atoms with van der Waals surface area (Å²) in [6, 6.07) is 93.0. The van der Waals surface area contributed by atoms with Gasteiger partial charge in [-0.1, -0.05) is 170 Å². The molecule has 12 aromatic rings.